The molecule has 0 saturated carbocycles. The van der Waals surface area contributed by atoms with Crippen molar-refractivity contribution in [3.63, 3.8) is 0 Å². The van der Waals surface area contributed by atoms with Gasteiger partial charge in [0, 0.05) is 68.0 Å². The first-order valence-corrected chi connectivity index (χ1v) is 11.0. The number of nitrogens with zero attached hydrogens (tertiary/aromatic N) is 3. The summed E-state index contributed by atoms with van der Waals surface area (Å²) in [6.07, 6.45) is 0.986. The average Bonchev–Trinajstić information content (AvgIpc) is 3.09. The van der Waals surface area contributed by atoms with E-state index in [1.54, 1.807) is 0 Å². The number of hydrogen-bond donors (Lipinski definition) is 0. The van der Waals surface area contributed by atoms with Gasteiger partial charge in [-0.05, 0) is 42.5 Å². The zero-order chi connectivity index (χ0) is 20.0. The molecule has 0 spiro atoms. The molecule has 4 heterocycles. The number of aromatic nitrogens is 1. The standard InChI is InChI=1S/C23H27ClFN3O/c24-20-3-1-2-16(9-20)10-27-11-17-8-19(14-27)22-5-4-18(23(29)28(22)12-17)13-26-7-6-21(25)15-26/h1-5,9,17,19,21H,6-8,10-15H2/t17-,19+,21-/m0/s1. The Morgan fingerprint density at radius 1 is 1.03 bits per heavy atom. The third kappa shape index (κ3) is 4.00. The third-order valence-electron chi connectivity index (χ3n) is 6.66. The van der Waals surface area contributed by atoms with Gasteiger partial charge < -0.3 is 4.57 Å². The smallest absolute Gasteiger partial charge is 0.255 e. The van der Waals surface area contributed by atoms with Gasteiger partial charge in [0.1, 0.15) is 6.17 Å². The highest BCUT2D eigenvalue weighted by molar-refractivity contribution is 6.30. The predicted molar refractivity (Wildman–Crippen MR) is 113 cm³/mol. The lowest BCUT2D eigenvalue weighted by atomic mass is 9.83. The maximum Gasteiger partial charge on any atom is 0.255 e. The van der Waals surface area contributed by atoms with Crippen molar-refractivity contribution >= 4 is 11.6 Å². The van der Waals surface area contributed by atoms with Crippen LogP contribution in [-0.2, 0) is 19.6 Å². The zero-order valence-corrected chi connectivity index (χ0v) is 17.3. The minimum Gasteiger partial charge on any atom is -0.312 e. The van der Waals surface area contributed by atoms with Gasteiger partial charge in [-0.2, -0.15) is 0 Å². The van der Waals surface area contributed by atoms with Crippen LogP contribution >= 0.6 is 11.6 Å². The van der Waals surface area contributed by atoms with Crippen LogP contribution in [0.15, 0.2) is 41.2 Å². The van der Waals surface area contributed by atoms with Crippen molar-refractivity contribution in [2.24, 2.45) is 5.92 Å². The second-order valence-corrected chi connectivity index (χ2v) is 9.38. The summed E-state index contributed by atoms with van der Waals surface area (Å²) in [4.78, 5) is 17.7. The molecule has 6 heteroatoms. The van der Waals surface area contributed by atoms with E-state index in [9.17, 15) is 9.18 Å². The fourth-order valence-corrected chi connectivity index (χ4v) is 5.62. The van der Waals surface area contributed by atoms with E-state index in [1.165, 1.54) is 5.56 Å². The van der Waals surface area contributed by atoms with Crippen LogP contribution in [0.25, 0.3) is 0 Å². The number of piperidine rings is 1. The van der Waals surface area contributed by atoms with Crippen LogP contribution in [0.3, 0.4) is 0 Å². The maximum atomic E-state index is 13.5. The monoisotopic (exact) mass is 415 g/mol. The van der Waals surface area contributed by atoms with E-state index in [0.717, 1.165) is 55.4 Å². The molecule has 0 aliphatic carbocycles. The van der Waals surface area contributed by atoms with E-state index in [0.29, 0.717) is 31.3 Å². The third-order valence-corrected chi connectivity index (χ3v) is 6.90. The molecule has 0 amide bonds. The van der Waals surface area contributed by atoms with E-state index in [1.807, 2.05) is 28.8 Å². The summed E-state index contributed by atoms with van der Waals surface area (Å²) in [5.74, 6) is 0.890. The molecule has 29 heavy (non-hydrogen) atoms. The van der Waals surface area contributed by atoms with E-state index >= 15 is 0 Å². The molecule has 0 unspecified atom stereocenters. The maximum absolute atomic E-state index is 13.5. The molecule has 3 atom stereocenters. The molecule has 2 fully saturated rings. The van der Waals surface area contributed by atoms with E-state index in [2.05, 4.69) is 21.9 Å². The zero-order valence-electron chi connectivity index (χ0n) is 16.6. The lowest BCUT2D eigenvalue weighted by molar-refractivity contribution is 0.114. The van der Waals surface area contributed by atoms with Crippen LogP contribution < -0.4 is 5.56 Å². The van der Waals surface area contributed by atoms with E-state index in [4.69, 9.17) is 11.6 Å². The molecule has 0 N–H and O–H groups in total. The van der Waals surface area contributed by atoms with Gasteiger partial charge in [0.15, 0.2) is 0 Å². The quantitative estimate of drug-likeness (QED) is 0.762. The predicted octanol–water partition coefficient (Wildman–Crippen LogP) is 3.66. The first-order chi connectivity index (χ1) is 14.0. The highest BCUT2D eigenvalue weighted by Crippen LogP contribution is 2.36. The molecular weight excluding hydrogens is 389 g/mol. The van der Waals surface area contributed by atoms with Crippen molar-refractivity contribution in [1.29, 1.82) is 0 Å². The summed E-state index contributed by atoms with van der Waals surface area (Å²) in [6, 6.07) is 12.2. The van der Waals surface area contributed by atoms with Crippen molar-refractivity contribution < 1.29 is 4.39 Å². The first kappa shape index (κ1) is 19.3. The summed E-state index contributed by atoms with van der Waals surface area (Å²) in [6.45, 7) is 5.42. The van der Waals surface area contributed by atoms with Crippen molar-refractivity contribution in [3.05, 3.63) is 68.6 Å². The fraction of sp³-hybridized carbons (Fsp3) is 0.522. The van der Waals surface area contributed by atoms with Gasteiger partial charge in [0.2, 0.25) is 0 Å². The van der Waals surface area contributed by atoms with Crippen LogP contribution in [0.1, 0.15) is 35.6 Å². The van der Waals surface area contributed by atoms with Crippen LogP contribution in [0.5, 0.6) is 0 Å². The number of likely N-dealkylation sites (tertiary alicyclic amines) is 2. The van der Waals surface area contributed by atoms with Gasteiger partial charge in [-0.1, -0.05) is 29.8 Å². The number of pyridine rings is 1. The SMILES string of the molecule is O=c1c(CN2CC[C@H](F)C2)ccc2n1C[C@H]1C[C@@H]2CN(Cc2cccc(Cl)c2)C1. The highest BCUT2D eigenvalue weighted by atomic mass is 35.5. The fourth-order valence-electron chi connectivity index (χ4n) is 5.40. The summed E-state index contributed by atoms with van der Waals surface area (Å²) in [5.41, 5.74) is 3.33. The van der Waals surface area contributed by atoms with Crippen molar-refractivity contribution in [2.45, 2.75) is 44.6 Å². The van der Waals surface area contributed by atoms with E-state index in [-0.39, 0.29) is 5.56 Å². The molecule has 2 bridgehead atoms. The van der Waals surface area contributed by atoms with Gasteiger partial charge >= 0.3 is 0 Å². The Morgan fingerprint density at radius 2 is 1.93 bits per heavy atom. The minimum atomic E-state index is -0.750. The van der Waals surface area contributed by atoms with E-state index < -0.39 is 6.17 Å². The molecule has 1 aromatic carbocycles. The van der Waals surface area contributed by atoms with Crippen LogP contribution in [-0.4, -0.2) is 46.7 Å². The molecule has 1 aromatic heterocycles. The molecule has 3 aliphatic heterocycles. The normalized spacial score (nSPS) is 27.2. The van der Waals surface area contributed by atoms with Crippen LogP contribution in [0.4, 0.5) is 4.39 Å². The van der Waals surface area contributed by atoms with Crippen molar-refractivity contribution in [3.8, 4) is 0 Å². The Bertz CT molecular complexity index is 961. The van der Waals surface area contributed by atoms with Crippen molar-refractivity contribution in [2.75, 3.05) is 26.2 Å². The summed E-state index contributed by atoms with van der Waals surface area (Å²) in [7, 11) is 0. The Balaban J connectivity index is 1.34. The highest BCUT2D eigenvalue weighted by Gasteiger charge is 2.35. The van der Waals surface area contributed by atoms with Crippen molar-refractivity contribution in [1.82, 2.24) is 14.4 Å². The van der Waals surface area contributed by atoms with Crippen LogP contribution in [0, 0.1) is 5.92 Å². The Morgan fingerprint density at radius 3 is 2.72 bits per heavy atom. The van der Waals surface area contributed by atoms with Gasteiger partial charge in [-0.15, -0.1) is 0 Å². The number of benzene rings is 1. The molecule has 2 aromatic rings. The van der Waals surface area contributed by atoms with Gasteiger partial charge in [-0.3, -0.25) is 14.6 Å². The summed E-state index contributed by atoms with van der Waals surface area (Å²) in [5, 5.41) is 0.779. The largest absolute Gasteiger partial charge is 0.312 e. The number of rotatable bonds is 4. The number of hydrogen-bond acceptors (Lipinski definition) is 3. The number of halogens is 2. The molecule has 3 aliphatic rings. The Kier molecular flexibility index (Phi) is 5.23. The average molecular weight is 416 g/mol. The van der Waals surface area contributed by atoms with Gasteiger partial charge in [0.05, 0.1) is 0 Å². The molecule has 5 rings (SSSR count). The molecule has 154 valence electrons. The number of fused-ring (bicyclic) bond motifs is 4. The van der Waals surface area contributed by atoms with Gasteiger partial charge in [0.25, 0.3) is 5.56 Å². The lowest BCUT2D eigenvalue weighted by Gasteiger charge is -2.43. The number of alkyl halides is 1. The van der Waals surface area contributed by atoms with Gasteiger partial charge in [-0.25, -0.2) is 4.39 Å². The molecule has 0 radical (unpaired) electrons. The molecule has 2 saturated heterocycles. The second-order valence-electron chi connectivity index (χ2n) is 8.94. The summed E-state index contributed by atoms with van der Waals surface area (Å²) < 4.78 is 15.5. The first-order valence-electron chi connectivity index (χ1n) is 10.6. The Hall–Kier alpha value is -1.69. The Labute approximate surface area is 175 Å². The molecule has 4 nitrogen and oxygen atoms in total. The van der Waals surface area contributed by atoms with Crippen LogP contribution in [0.2, 0.25) is 5.02 Å². The second kappa shape index (κ2) is 7.86. The molecular formula is C23H27ClFN3O. The summed E-state index contributed by atoms with van der Waals surface area (Å²) >= 11 is 6.15. The lowest BCUT2D eigenvalue weighted by Crippen LogP contribution is -2.47. The minimum absolute atomic E-state index is 0.128. The topological polar surface area (TPSA) is 28.5 Å².